The zero-order valence-electron chi connectivity index (χ0n) is 17.9. The molecule has 6 heteroatoms. The molecule has 1 N–H and O–H groups in total. The molecule has 0 unspecified atom stereocenters. The van der Waals surface area contributed by atoms with Crippen LogP contribution < -0.4 is 10.1 Å². The Kier molecular flexibility index (Phi) is 9.44. The quantitative estimate of drug-likeness (QED) is 0.318. The summed E-state index contributed by atoms with van der Waals surface area (Å²) in [5, 5.41) is 2.61. The molecular formula is C22H34Cl3NO2. The maximum absolute atomic E-state index is 11.5. The van der Waals surface area contributed by atoms with Crippen molar-refractivity contribution in [3.63, 3.8) is 0 Å². The standard InChI is InChI=1S/C22H34Cl3NO2/c1-7-20(3,4)16-11-12-18(17(15-16)21(5,6)8-2)28-14-10-9-13-26-19(27)22(23,24)25/h11-12,15H,7-10,13-14H2,1-6H3,(H,26,27). The SMILES string of the molecule is CCC(C)(C)c1ccc(OCCCCNC(=O)C(Cl)(Cl)Cl)c(C(C)(C)CC)c1. The minimum absolute atomic E-state index is 0.0352. The molecule has 0 aromatic heterocycles. The fourth-order valence-corrected chi connectivity index (χ4v) is 2.91. The number of nitrogens with one attached hydrogen (secondary N) is 1. The van der Waals surface area contributed by atoms with Gasteiger partial charge in [-0.1, -0.05) is 88.5 Å². The topological polar surface area (TPSA) is 38.3 Å². The van der Waals surface area contributed by atoms with Gasteiger partial charge < -0.3 is 10.1 Å². The molecule has 0 saturated heterocycles. The van der Waals surface area contributed by atoms with Gasteiger partial charge in [0.15, 0.2) is 0 Å². The van der Waals surface area contributed by atoms with Crippen molar-refractivity contribution >= 4 is 40.7 Å². The molecule has 0 spiro atoms. The second-order valence-electron chi connectivity index (χ2n) is 8.50. The molecule has 160 valence electrons. The molecule has 1 aromatic rings. The third kappa shape index (κ3) is 7.31. The number of carbonyl (C=O) groups excluding carboxylic acids is 1. The number of carbonyl (C=O) groups is 1. The fraction of sp³-hybridized carbons (Fsp3) is 0.682. The number of unbranched alkanes of at least 4 members (excludes halogenated alkanes) is 1. The maximum Gasteiger partial charge on any atom is 0.272 e. The largest absolute Gasteiger partial charge is 0.493 e. The Hall–Kier alpha value is -0.640. The van der Waals surface area contributed by atoms with Crippen LogP contribution >= 0.6 is 34.8 Å². The van der Waals surface area contributed by atoms with Crippen molar-refractivity contribution in [2.24, 2.45) is 0 Å². The zero-order valence-corrected chi connectivity index (χ0v) is 20.2. The molecule has 0 heterocycles. The minimum Gasteiger partial charge on any atom is -0.493 e. The molecule has 1 amide bonds. The highest BCUT2D eigenvalue weighted by atomic mass is 35.6. The molecule has 1 aromatic carbocycles. The molecule has 0 aliphatic rings. The van der Waals surface area contributed by atoms with E-state index in [1.807, 2.05) is 0 Å². The lowest BCUT2D eigenvalue weighted by Crippen LogP contribution is -2.35. The van der Waals surface area contributed by atoms with Gasteiger partial charge in [0.1, 0.15) is 5.75 Å². The van der Waals surface area contributed by atoms with Gasteiger partial charge in [-0.25, -0.2) is 0 Å². The first kappa shape index (κ1) is 25.4. The molecule has 1 rings (SSSR count). The first-order chi connectivity index (χ1) is 12.8. The molecule has 0 radical (unpaired) electrons. The van der Waals surface area contributed by atoms with Crippen molar-refractivity contribution in [1.29, 1.82) is 0 Å². The van der Waals surface area contributed by atoms with E-state index in [9.17, 15) is 4.79 Å². The normalized spacial score (nSPS) is 12.8. The summed E-state index contributed by atoms with van der Waals surface area (Å²) in [6.45, 7) is 14.5. The Morgan fingerprint density at radius 3 is 2.14 bits per heavy atom. The Bertz CT molecular complexity index is 652. The number of hydrogen-bond acceptors (Lipinski definition) is 2. The summed E-state index contributed by atoms with van der Waals surface area (Å²) in [6, 6.07) is 6.59. The number of amides is 1. The molecule has 0 saturated carbocycles. The van der Waals surface area contributed by atoms with Crippen LogP contribution in [0.4, 0.5) is 0 Å². The zero-order chi connectivity index (χ0) is 21.6. The van der Waals surface area contributed by atoms with Crippen LogP contribution in [0.15, 0.2) is 18.2 Å². The first-order valence-corrected chi connectivity index (χ1v) is 11.1. The Morgan fingerprint density at radius 1 is 1.00 bits per heavy atom. The number of benzene rings is 1. The molecular weight excluding hydrogens is 417 g/mol. The van der Waals surface area contributed by atoms with Crippen LogP contribution in [0.3, 0.4) is 0 Å². The Balaban J connectivity index is 2.74. The van der Waals surface area contributed by atoms with Crippen molar-refractivity contribution in [2.75, 3.05) is 13.2 Å². The summed E-state index contributed by atoms with van der Waals surface area (Å²) in [6.07, 6.45) is 3.66. The second-order valence-corrected chi connectivity index (χ2v) is 10.8. The molecule has 0 bridgehead atoms. The van der Waals surface area contributed by atoms with Gasteiger partial charge in [0, 0.05) is 12.1 Å². The van der Waals surface area contributed by atoms with Gasteiger partial charge in [0.05, 0.1) is 6.61 Å². The van der Waals surface area contributed by atoms with Crippen molar-refractivity contribution in [2.45, 2.75) is 81.8 Å². The van der Waals surface area contributed by atoms with Crippen LogP contribution in [-0.4, -0.2) is 22.9 Å². The van der Waals surface area contributed by atoms with Crippen molar-refractivity contribution in [3.05, 3.63) is 29.3 Å². The summed E-state index contributed by atoms with van der Waals surface area (Å²) in [5.41, 5.74) is 2.76. The van der Waals surface area contributed by atoms with Gasteiger partial charge in [-0.05, 0) is 48.1 Å². The van der Waals surface area contributed by atoms with Crippen molar-refractivity contribution in [1.82, 2.24) is 5.32 Å². The van der Waals surface area contributed by atoms with Crippen LogP contribution in [0.25, 0.3) is 0 Å². The van der Waals surface area contributed by atoms with E-state index < -0.39 is 9.70 Å². The van der Waals surface area contributed by atoms with E-state index >= 15 is 0 Å². The van der Waals surface area contributed by atoms with E-state index in [4.69, 9.17) is 39.5 Å². The van der Waals surface area contributed by atoms with E-state index in [-0.39, 0.29) is 10.8 Å². The monoisotopic (exact) mass is 449 g/mol. The van der Waals surface area contributed by atoms with E-state index in [1.165, 1.54) is 11.1 Å². The average Bonchev–Trinajstić information content (AvgIpc) is 2.63. The number of rotatable bonds is 10. The minimum atomic E-state index is -1.91. The van der Waals surface area contributed by atoms with E-state index in [2.05, 4.69) is 65.1 Å². The first-order valence-electron chi connectivity index (χ1n) is 9.98. The molecule has 28 heavy (non-hydrogen) atoms. The smallest absolute Gasteiger partial charge is 0.272 e. The highest BCUT2D eigenvalue weighted by Crippen LogP contribution is 2.38. The van der Waals surface area contributed by atoms with Crippen LogP contribution in [0.5, 0.6) is 5.75 Å². The van der Waals surface area contributed by atoms with E-state index in [0.717, 1.165) is 31.4 Å². The molecule has 0 aliphatic heterocycles. The van der Waals surface area contributed by atoms with Crippen LogP contribution in [-0.2, 0) is 15.6 Å². The van der Waals surface area contributed by atoms with Gasteiger partial charge in [-0.3, -0.25) is 4.79 Å². The molecule has 0 fully saturated rings. The van der Waals surface area contributed by atoms with Gasteiger partial charge in [-0.15, -0.1) is 0 Å². The predicted molar refractivity (Wildman–Crippen MR) is 121 cm³/mol. The third-order valence-corrected chi connectivity index (χ3v) is 6.14. The maximum atomic E-state index is 11.5. The summed E-state index contributed by atoms with van der Waals surface area (Å²) >= 11 is 16.6. The third-order valence-electron chi connectivity index (χ3n) is 5.63. The van der Waals surface area contributed by atoms with Gasteiger partial charge in [0.2, 0.25) is 0 Å². The van der Waals surface area contributed by atoms with Gasteiger partial charge in [-0.2, -0.15) is 0 Å². The number of ether oxygens (including phenoxy) is 1. The van der Waals surface area contributed by atoms with Crippen molar-refractivity contribution < 1.29 is 9.53 Å². The highest BCUT2D eigenvalue weighted by Gasteiger charge is 2.30. The highest BCUT2D eigenvalue weighted by molar-refractivity contribution is 6.76. The van der Waals surface area contributed by atoms with E-state index in [0.29, 0.717) is 13.2 Å². The fourth-order valence-electron chi connectivity index (χ4n) is 2.71. The number of alkyl halides is 3. The van der Waals surface area contributed by atoms with Crippen molar-refractivity contribution in [3.8, 4) is 5.75 Å². The number of halogens is 3. The lowest BCUT2D eigenvalue weighted by molar-refractivity contribution is -0.120. The number of hydrogen-bond donors (Lipinski definition) is 1. The van der Waals surface area contributed by atoms with Gasteiger partial charge >= 0.3 is 0 Å². The molecule has 0 aliphatic carbocycles. The summed E-state index contributed by atoms with van der Waals surface area (Å²) in [4.78, 5) is 11.5. The molecule has 3 nitrogen and oxygen atoms in total. The van der Waals surface area contributed by atoms with E-state index in [1.54, 1.807) is 0 Å². The summed E-state index contributed by atoms with van der Waals surface area (Å²) in [7, 11) is 0. The lowest BCUT2D eigenvalue weighted by Gasteiger charge is -2.30. The predicted octanol–water partition coefficient (Wildman–Crippen LogP) is 6.71. The molecule has 0 atom stereocenters. The Labute approximate surface area is 185 Å². The van der Waals surface area contributed by atoms with Crippen LogP contribution in [0, 0.1) is 0 Å². The Morgan fingerprint density at radius 2 is 1.61 bits per heavy atom. The van der Waals surface area contributed by atoms with Crippen LogP contribution in [0.1, 0.15) is 78.4 Å². The average molecular weight is 451 g/mol. The summed E-state index contributed by atoms with van der Waals surface area (Å²) < 4.78 is 4.20. The lowest BCUT2D eigenvalue weighted by atomic mass is 9.76. The van der Waals surface area contributed by atoms with Gasteiger partial charge in [0.25, 0.3) is 9.70 Å². The summed E-state index contributed by atoms with van der Waals surface area (Å²) in [5.74, 6) is 0.340. The van der Waals surface area contributed by atoms with Crippen LogP contribution in [0.2, 0.25) is 0 Å². The second kappa shape index (κ2) is 10.4.